The summed E-state index contributed by atoms with van der Waals surface area (Å²) in [4.78, 5) is 33.5. The van der Waals surface area contributed by atoms with Gasteiger partial charge in [-0.05, 0) is 24.3 Å². The Morgan fingerprint density at radius 1 is 1.00 bits per heavy atom. The molecule has 21 heavy (non-hydrogen) atoms. The van der Waals surface area contributed by atoms with Crippen molar-refractivity contribution >= 4 is 33.6 Å². The number of primary sulfonamides is 1. The number of carbonyl (C=O) groups is 3. The SMILES string of the molecule is NS(=O)(=O)c1ccc(N=NC2C(=O)NC(=O)NC2=O)cc1. The van der Waals surface area contributed by atoms with Gasteiger partial charge in [0.25, 0.3) is 11.8 Å². The van der Waals surface area contributed by atoms with Crippen molar-refractivity contribution in [3.05, 3.63) is 24.3 Å². The second kappa shape index (κ2) is 5.38. The maximum Gasteiger partial charge on any atom is 0.328 e. The van der Waals surface area contributed by atoms with Gasteiger partial charge in [0, 0.05) is 0 Å². The molecule has 1 aromatic carbocycles. The summed E-state index contributed by atoms with van der Waals surface area (Å²) in [6.45, 7) is 0. The molecule has 1 saturated heterocycles. The normalized spacial score (nSPS) is 16.9. The molecular formula is C10H9N5O5S. The van der Waals surface area contributed by atoms with Gasteiger partial charge in [-0.2, -0.15) is 10.2 Å². The molecule has 10 nitrogen and oxygen atoms in total. The van der Waals surface area contributed by atoms with E-state index in [2.05, 4.69) is 10.2 Å². The van der Waals surface area contributed by atoms with E-state index in [-0.39, 0.29) is 10.6 Å². The van der Waals surface area contributed by atoms with E-state index in [1.807, 2.05) is 10.6 Å². The number of nitrogens with two attached hydrogens (primary N) is 1. The van der Waals surface area contributed by atoms with Crippen LogP contribution in [-0.4, -0.2) is 32.3 Å². The van der Waals surface area contributed by atoms with E-state index in [4.69, 9.17) is 5.14 Å². The van der Waals surface area contributed by atoms with Crippen LogP contribution in [0.25, 0.3) is 0 Å². The number of amides is 4. The Bertz CT molecular complexity index is 720. The smallest absolute Gasteiger partial charge is 0.275 e. The third-order valence-corrected chi connectivity index (χ3v) is 3.35. The second-order valence-electron chi connectivity index (χ2n) is 3.96. The number of nitrogens with one attached hydrogen (secondary N) is 2. The minimum atomic E-state index is -3.82. The number of nitrogens with zero attached hydrogens (tertiary/aromatic N) is 2. The highest BCUT2D eigenvalue weighted by Gasteiger charge is 2.34. The first-order valence-corrected chi connectivity index (χ1v) is 7.01. The number of hydrogen-bond acceptors (Lipinski definition) is 7. The van der Waals surface area contributed by atoms with Crippen LogP contribution < -0.4 is 15.8 Å². The van der Waals surface area contributed by atoms with Crippen LogP contribution in [0.1, 0.15) is 0 Å². The summed E-state index contributed by atoms with van der Waals surface area (Å²) in [6, 6.07) is 2.59. The monoisotopic (exact) mass is 311 g/mol. The lowest BCUT2D eigenvalue weighted by atomic mass is 10.2. The van der Waals surface area contributed by atoms with Gasteiger partial charge < -0.3 is 0 Å². The lowest BCUT2D eigenvalue weighted by Crippen LogP contribution is -2.57. The average molecular weight is 311 g/mol. The van der Waals surface area contributed by atoms with Crippen molar-refractivity contribution in [2.24, 2.45) is 15.4 Å². The molecular weight excluding hydrogens is 302 g/mol. The second-order valence-corrected chi connectivity index (χ2v) is 5.53. The Balaban J connectivity index is 2.16. The molecule has 110 valence electrons. The van der Waals surface area contributed by atoms with Gasteiger partial charge in [0.05, 0.1) is 10.6 Å². The van der Waals surface area contributed by atoms with Crippen molar-refractivity contribution in [1.82, 2.24) is 10.6 Å². The third-order valence-electron chi connectivity index (χ3n) is 2.42. The molecule has 0 saturated carbocycles. The quantitative estimate of drug-likeness (QED) is 0.489. The summed E-state index contributed by atoms with van der Waals surface area (Å²) in [5.41, 5.74) is 0.208. The predicted octanol–water partition coefficient (Wildman–Crippen LogP) is -0.848. The highest BCUT2D eigenvalue weighted by molar-refractivity contribution is 7.89. The lowest BCUT2D eigenvalue weighted by Gasteiger charge is -2.16. The number of hydrogen-bond donors (Lipinski definition) is 3. The molecule has 1 aliphatic rings. The zero-order chi connectivity index (χ0) is 15.6. The number of sulfonamides is 1. The van der Waals surface area contributed by atoms with Crippen LogP contribution >= 0.6 is 0 Å². The third kappa shape index (κ3) is 3.46. The van der Waals surface area contributed by atoms with Crippen LogP contribution in [0.5, 0.6) is 0 Å². The molecule has 0 aliphatic carbocycles. The molecule has 0 bridgehead atoms. The van der Waals surface area contributed by atoms with Crippen LogP contribution in [0.15, 0.2) is 39.4 Å². The van der Waals surface area contributed by atoms with Crippen LogP contribution in [-0.2, 0) is 19.6 Å². The maximum absolute atomic E-state index is 11.4. The molecule has 4 amide bonds. The van der Waals surface area contributed by atoms with Crippen LogP contribution in [0.4, 0.5) is 10.5 Å². The zero-order valence-electron chi connectivity index (χ0n) is 10.3. The van der Waals surface area contributed by atoms with Crippen LogP contribution in [0, 0.1) is 0 Å². The lowest BCUT2D eigenvalue weighted by molar-refractivity contribution is -0.131. The van der Waals surface area contributed by atoms with Gasteiger partial charge in [-0.3, -0.25) is 20.2 Å². The Kier molecular flexibility index (Phi) is 3.78. The number of urea groups is 1. The molecule has 0 spiro atoms. The van der Waals surface area contributed by atoms with E-state index in [0.717, 1.165) is 0 Å². The topological polar surface area (TPSA) is 160 Å². The predicted molar refractivity (Wildman–Crippen MR) is 67.8 cm³/mol. The van der Waals surface area contributed by atoms with Crippen molar-refractivity contribution in [3.8, 4) is 0 Å². The molecule has 0 atom stereocenters. The molecule has 0 unspecified atom stereocenters. The molecule has 4 N–H and O–H groups in total. The number of carbonyl (C=O) groups excluding carboxylic acids is 3. The molecule has 0 aromatic heterocycles. The Labute approximate surface area is 118 Å². The van der Waals surface area contributed by atoms with Gasteiger partial charge in [-0.1, -0.05) is 0 Å². The van der Waals surface area contributed by atoms with Crippen molar-refractivity contribution < 1.29 is 22.8 Å². The largest absolute Gasteiger partial charge is 0.328 e. The molecule has 1 heterocycles. The molecule has 0 radical (unpaired) electrons. The van der Waals surface area contributed by atoms with E-state index in [1.165, 1.54) is 24.3 Å². The first-order chi connectivity index (χ1) is 9.77. The molecule has 1 fully saturated rings. The molecule has 11 heteroatoms. The number of benzene rings is 1. The van der Waals surface area contributed by atoms with E-state index >= 15 is 0 Å². The summed E-state index contributed by atoms with van der Waals surface area (Å²) >= 11 is 0. The summed E-state index contributed by atoms with van der Waals surface area (Å²) in [5, 5.41) is 15.8. The van der Waals surface area contributed by atoms with Crippen molar-refractivity contribution in [2.75, 3.05) is 0 Å². The summed E-state index contributed by atoms with van der Waals surface area (Å²) in [5.74, 6) is -1.79. The Hall–Kier alpha value is -2.66. The summed E-state index contributed by atoms with van der Waals surface area (Å²) < 4.78 is 22.1. The summed E-state index contributed by atoms with van der Waals surface area (Å²) in [6.07, 6.45) is 0. The van der Waals surface area contributed by atoms with Crippen LogP contribution in [0.2, 0.25) is 0 Å². The first kappa shape index (κ1) is 14.7. The van der Waals surface area contributed by atoms with E-state index in [0.29, 0.717) is 0 Å². The Morgan fingerprint density at radius 3 is 2.00 bits per heavy atom. The molecule has 1 aliphatic heterocycles. The highest BCUT2D eigenvalue weighted by Crippen LogP contribution is 2.16. The molecule has 2 rings (SSSR count). The standard InChI is InChI=1S/C10H9N5O5S/c11-21(19,20)6-3-1-5(2-4-6)14-15-7-8(16)12-10(18)13-9(7)17/h1-4,7H,(H2,11,19,20)(H2,12,13,16,17,18). The van der Waals surface area contributed by atoms with E-state index in [9.17, 15) is 22.8 Å². The van der Waals surface area contributed by atoms with Crippen molar-refractivity contribution in [2.45, 2.75) is 10.9 Å². The van der Waals surface area contributed by atoms with Gasteiger partial charge in [-0.15, -0.1) is 0 Å². The van der Waals surface area contributed by atoms with Gasteiger partial charge in [-0.25, -0.2) is 18.4 Å². The fourth-order valence-electron chi connectivity index (χ4n) is 1.44. The number of azo groups is 1. The molecule has 1 aromatic rings. The number of imide groups is 2. The summed E-state index contributed by atoms with van der Waals surface area (Å²) in [7, 11) is -3.82. The van der Waals surface area contributed by atoms with E-state index < -0.39 is 33.9 Å². The number of rotatable bonds is 3. The van der Waals surface area contributed by atoms with Gasteiger partial charge >= 0.3 is 6.03 Å². The van der Waals surface area contributed by atoms with E-state index in [1.54, 1.807) is 0 Å². The van der Waals surface area contributed by atoms with Crippen molar-refractivity contribution in [1.29, 1.82) is 0 Å². The fraction of sp³-hybridized carbons (Fsp3) is 0.100. The van der Waals surface area contributed by atoms with Gasteiger partial charge in [0.15, 0.2) is 0 Å². The Morgan fingerprint density at radius 2 is 1.52 bits per heavy atom. The van der Waals surface area contributed by atoms with Gasteiger partial charge in [0.1, 0.15) is 0 Å². The fourth-order valence-corrected chi connectivity index (χ4v) is 1.96. The minimum Gasteiger partial charge on any atom is -0.275 e. The van der Waals surface area contributed by atoms with Gasteiger partial charge in [0.2, 0.25) is 16.1 Å². The number of barbiturate groups is 1. The first-order valence-electron chi connectivity index (χ1n) is 5.47. The highest BCUT2D eigenvalue weighted by atomic mass is 32.2. The van der Waals surface area contributed by atoms with Crippen LogP contribution in [0.3, 0.4) is 0 Å². The average Bonchev–Trinajstić information content (AvgIpc) is 2.37. The zero-order valence-corrected chi connectivity index (χ0v) is 11.1. The van der Waals surface area contributed by atoms with Crippen molar-refractivity contribution in [3.63, 3.8) is 0 Å². The minimum absolute atomic E-state index is 0.111. The maximum atomic E-state index is 11.4.